The maximum absolute atomic E-state index is 13.2. The second-order valence-electron chi connectivity index (χ2n) is 6.43. The van der Waals surface area contributed by atoms with E-state index in [1.54, 1.807) is 0 Å². The standard InChI is InChI=1S/C17H23BrFNO/c18-15-10-13(19)8-7-12(15)11-20-9-3-5-16(20)14-4-1-2-6-17(14)21/h7-8,10,14,16-17,21H,1-6,9,11H2. The summed E-state index contributed by atoms with van der Waals surface area (Å²) < 4.78 is 14.0. The summed E-state index contributed by atoms with van der Waals surface area (Å²) in [5.74, 6) is 0.215. The molecule has 3 unspecified atom stereocenters. The fourth-order valence-electron chi connectivity index (χ4n) is 3.99. The average molecular weight is 356 g/mol. The summed E-state index contributed by atoms with van der Waals surface area (Å²) >= 11 is 3.47. The number of hydrogen-bond donors (Lipinski definition) is 1. The van der Waals surface area contributed by atoms with E-state index in [1.165, 1.54) is 31.4 Å². The van der Waals surface area contributed by atoms with Crippen LogP contribution in [0.1, 0.15) is 44.1 Å². The number of aliphatic hydroxyl groups is 1. The summed E-state index contributed by atoms with van der Waals surface area (Å²) in [7, 11) is 0. The van der Waals surface area contributed by atoms with Crippen molar-refractivity contribution in [2.75, 3.05) is 6.54 Å². The maximum atomic E-state index is 13.2. The fourth-order valence-corrected chi connectivity index (χ4v) is 4.47. The van der Waals surface area contributed by atoms with Crippen molar-refractivity contribution < 1.29 is 9.50 Å². The van der Waals surface area contributed by atoms with Crippen LogP contribution < -0.4 is 0 Å². The molecular weight excluding hydrogens is 333 g/mol. The fraction of sp³-hybridized carbons (Fsp3) is 0.647. The second-order valence-corrected chi connectivity index (χ2v) is 7.29. The van der Waals surface area contributed by atoms with Crippen LogP contribution in [-0.2, 0) is 6.54 Å². The minimum Gasteiger partial charge on any atom is -0.393 e. The van der Waals surface area contributed by atoms with Crippen LogP contribution in [-0.4, -0.2) is 28.7 Å². The van der Waals surface area contributed by atoms with Crippen molar-refractivity contribution in [1.82, 2.24) is 4.90 Å². The van der Waals surface area contributed by atoms with E-state index in [4.69, 9.17) is 0 Å². The molecule has 2 fully saturated rings. The lowest BCUT2D eigenvalue weighted by Crippen LogP contribution is -2.42. The summed E-state index contributed by atoms with van der Waals surface area (Å²) in [6, 6.07) is 5.42. The van der Waals surface area contributed by atoms with Crippen LogP contribution >= 0.6 is 15.9 Å². The van der Waals surface area contributed by atoms with E-state index in [1.807, 2.05) is 6.07 Å². The van der Waals surface area contributed by atoms with Crippen LogP contribution in [0.5, 0.6) is 0 Å². The van der Waals surface area contributed by atoms with Crippen LogP contribution in [0.25, 0.3) is 0 Å². The number of benzene rings is 1. The lowest BCUT2D eigenvalue weighted by atomic mass is 9.80. The molecule has 1 aromatic carbocycles. The number of halogens is 2. The molecule has 0 aromatic heterocycles. The molecule has 2 aliphatic rings. The first-order valence-corrected chi connectivity index (χ1v) is 8.80. The van der Waals surface area contributed by atoms with Crippen LogP contribution in [0.4, 0.5) is 4.39 Å². The van der Waals surface area contributed by atoms with E-state index in [0.29, 0.717) is 12.0 Å². The largest absolute Gasteiger partial charge is 0.393 e. The first-order chi connectivity index (χ1) is 10.1. The van der Waals surface area contributed by atoms with Crippen molar-refractivity contribution in [3.63, 3.8) is 0 Å². The molecule has 4 heteroatoms. The Hall–Kier alpha value is -0.450. The van der Waals surface area contributed by atoms with Gasteiger partial charge < -0.3 is 5.11 Å². The molecule has 0 amide bonds. The van der Waals surface area contributed by atoms with Crippen molar-refractivity contribution in [3.8, 4) is 0 Å². The maximum Gasteiger partial charge on any atom is 0.124 e. The monoisotopic (exact) mass is 355 g/mol. The van der Waals surface area contributed by atoms with Crippen LogP contribution in [0, 0.1) is 11.7 Å². The Labute approximate surface area is 134 Å². The summed E-state index contributed by atoms with van der Waals surface area (Å²) in [6.45, 7) is 1.92. The summed E-state index contributed by atoms with van der Waals surface area (Å²) in [4.78, 5) is 2.48. The molecule has 1 N–H and O–H groups in total. The summed E-state index contributed by atoms with van der Waals surface area (Å²) in [5, 5.41) is 10.3. The van der Waals surface area contributed by atoms with Crippen molar-refractivity contribution >= 4 is 15.9 Å². The predicted molar refractivity (Wildman–Crippen MR) is 85.5 cm³/mol. The zero-order chi connectivity index (χ0) is 14.8. The Morgan fingerprint density at radius 1 is 1.19 bits per heavy atom. The smallest absolute Gasteiger partial charge is 0.124 e. The van der Waals surface area contributed by atoms with E-state index in [9.17, 15) is 9.50 Å². The molecule has 1 aliphatic heterocycles. The van der Waals surface area contributed by atoms with Crippen LogP contribution in [0.2, 0.25) is 0 Å². The van der Waals surface area contributed by atoms with Gasteiger partial charge in [0.15, 0.2) is 0 Å². The molecule has 1 heterocycles. The Morgan fingerprint density at radius 3 is 2.76 bits per heavy atom. The topological polar surface area (TPSA) is 23.5 Å². The quantitative estimate of drug-likeness (QED) is 0.881. The van der Waals surface area contributed by atoms with Gasteiger partial charge in [-0.3, -0.25) is 4.90 Å². The number of aliphatic hydroxyl groups excluding tert-OH is 1. The molecule has 116 valence electrons. The molecule has 0 radical (unpaired) electrons. The van der Waals surface area contributed by atoms with E-state index < -0.39 is 0 Å². The lowest BCUT2D eigenvalue weighted by molar-refractivity contribution is 0.0201. The number of likely N-dealkylation sites (tertiary alicyclic amines) is 1. The van der Waals surface area contributed by atoms with Gasteiger partial charge in [0.25, 0.3) is 0 Å². The first kappa shape index (κ1) is 15.4. The molecule has 3 rings (SSSR count). The Kier molecular flexibility index (Phi) is 4.97. The number of hydrogen-bond acceptors (Lipinski definition) is 2. The molecule has 1 aromatic rings. The molecule has 21 heavy (non-hydrogen) atoms. The van der Waals surface area contributed by atoms with Gasteiger partial charge in [-0.2, -0.15) is 0 Å². The molecule has 0 bridgehead atoms. The summed E-state index contributed by atoms with van der Waals surface area (Å²) in [5.41, 5.74) is 1.13. The average Bonchev–Trinajstić information content (AvgIpc) is 2.90. The zero-order valence-electron chi connectivity index (χ0n) is 12.3. The highest BCUT2D eigenvalue weighted by Gasteiger charge is 2.36. The van der Waals surface area contributed by atoms with Gasteiger partial charge in [0.05, 0.1) is 6.10 Å². The second kappa shape index (κ2) is 6.76. The SMILES string of the molecule is OC1CCCCC1C1CCCN1Cc1ccc(F)cc1Br. The van der Waals surface area contributed by atoms with Crippen LogP contribution in [0.15, 0.2) is 22.7 Å². The first-order valence-electron chi connectivity index (χ1n) is 8.01. The third-order valence-corrected chi connectivity index (χ3v) is 5.82. The van der Waals surface area contributed by atoms with Gasteiger partial charge in [-0.05, 0) is 49.9 Å². The van der Waals surface area contributed by atoms with Crippen molar-refractivity contribution in [1.29, 1.82) is 0 Å². The van der Waals surface area contributed by atoms with Gasteiger partial charge in [0.1, 0.15) is 5.82 Å². The lowest BCUT2D eigenvalue weighted by Gasteiger charge is -2.37. The van der Waals surface area contributed by atoms with Crippen molar-refractivity contribution in [3.05, 3.63) is 34.1 Å². The normalized spacial score (nSPS) is 30.7. The highest BCUT2D eigenvalue weighted by molar-refractivity contribution is 9.10. The number of rotatable bonds is 3. The van der Waals surface area contributed by atoms with Gasteiger partial charge in [-0.25, -0.2) is 4.39 Å². The molecule has 1 aliphatic carbocycles. The van der Waals surface area contributed by atoms with Gasteiger partial charge in [0, 0.05) is 23.0 Å². The Balaban J connectivity index is 1.71. The van der Waals surface area contributed by atoms with Gasteiger partial charge in [0.2, 0.25) is 0 Å². The third-order valence-electron chi connectivity index (χ3n) is 5.08. The minimum atomic E-state index is -0.203. The Bertz CT molecular complexity index is 496. The summed E-state index contributed by atoms with van der Waals surface area (Å²) in [6.07, 6.45) is 6.75. The predicted octanol–water partition coefficient (Wildman–Crippen LogP) is 4.10. The van der Waals surface area contributed by atoms with Crippen LogP contribution in [0.3, 0.4) is 0 Å². The minimum absolute atomic E-state index is 0.138. The van der Waals surface area contributed by atoms with Gasteiger partial charge in [-0.15, -0.1) is 0 Å². The van der Waals surface area contributed by atoms with Crippen molar-refractivity contribution in [2.45, 2.75) is 57.2 Å². The van der Waals surface area contributed by atoms with E-state index >= 15 is 0 Å². The molecular formula is C17H23BrFNO. The van der Waals surface area contributed by atoms with Gasteiger partial charge >= 0.3 is 0 Å². The molecule has 1 saturated carbocycles. The molecule has 0 spiro atoms. The van der Waals surface area contributed by atoms with Gasteiger partial charge in [-0.1, -0.05) is 34.8 Å². The molecule has 3 atom stereocenters. The molecule has 2 nitrogen and oxygen atoms in total. The zero-order valence-corrected chi connectivity index (χ0v) is 13.9. The third kappa shape index (κ3) is 3.49. The van der Waals surface area contributed by atoms with Crippen molar-refractivity contribution in [2.24, 2.45) is 5.92 Å². The Morgan fingerprint density at radius 2 is 2.00 bits per heavy atom. The van der Waals surface area contributed by atoms with E-state index in [-0.39, 0.29) is 11.9 Å². The van der Waals surface area contributed by atoms with E-state index in [2.05, 4.69) is 20.8 Å². The highest BCUT2D eigenvalue weighted by Crippen LogP contribution is 2.35. The number of nitrogens with zero attached hydrogens (tertiary/aromatic N) is 1. The molecule has 1 saturated heterocycles. The van der Waals surface area contributed by atoms with E-state index in [0.717, 1.165) is 42.4 Å². The highest BCUT2D eigenvalue weighted by atomic mass is 79.9.